The second-order valence-corrected chi connectivity index (χ2v) is 7.29. The van der Waals surface area contributed by atoms with Gasteiger partial charge in [0, 0.05) is 24.8 Å². The van der Waals surface area contributed by atoms with Gasteiger partial charge in [0.25, 0.3) is 0 Å². The molecule has 2 amide bonds. The van der Waals surface area contributed by atoms with Crippen LogP contribution in [0.15, 0.2) is 29.2 Å². The van der Waals surface area contributed by atoms with Crippen molar-refractivity contribution in [2.45, 2.75) is 44.0 Å². The number of nitrogens with zero attached hydrogens (tertiary/aromatic N) is 1. The Morgan fingerprint density at radius 1 is 1.23 bits per heavy atom. The van der Waals surface area contributed by atoms with Gasteiger partial charge < -0.3 is 10.2 Å². The molecular formula is C15H23N3O3S. The summed E-state index contributed by atoms with van der Waals surface area (Å²) < 4.78 is 26.9. The van der Waals surface area contributed by atoms with Gasteiger partial charge in [0.2, 0.25) is 10.0 Å². The topological polar surface area (TPSA) is 78.5 Å². The Kier molecular flexibility index (Phi) is 5.42. The number of hydrogen-bond acceptors (Lipinski definition) is 3. The number of urea groups is 1. The molecule has 1 heterocycles. The molecule has 1 fully saturated rings. The molecule has 6 nitrogen and oxygen atoms in total. The third kappa shape index (κ3) is 4.20. The van der Waals surface area contributed by atoms with Crippen LogP contribution in [0.1, 0.15) is 33.1 Å². The van der Waals surface area contributed by atoms with Crippen molar-refractivity contribution in [2.24, 2.45) is 0 Å². The van der Waals surface area contributed by atoms with Crippen LogP contribution in [0.5, 0.6) is 0 Å². The second kappa shape index (κ2) is 7.11. The van der Waals surface area contributed by atoms with Gasteiger partial charge in [-0.05, 0) is 50.5 Å². The van der Waals surface area contributed by atoms with E-state index in [2.05, 4.69) is 10.0 Å². The first-order valence-corrected chi connectivity index (χ1v) is 9.09. The van der Waals surface area contributed by atoms with Crippen molar-refractivity contribution in [1.29, 1.82) is 0 Å². The normalized spacial score (nSPS) is 16.5. The molecule has 2 rings (SSSR count). The molecule has 1 aliphatic heterocycles. The fourth-order valence-corrected chi connectivity index (χ4v) is 3.58. The number of hydrogen-bond donors (Lipinski definition) is 2. The molecular weight excluding hydrogens is 302 g/mol. The van der Waals surface area contributed by atoms with Crippen molar-refractivity contribution in [3.05, 3.63) is 24.3 Å². The van der Waals surface area contributed by atoms with E-state index in [-0.39, 0.29) is 17.0 Å². The van der Waals surface area contributed by atoms with Gasteiger partial charge in [0.15, 0.2) is 0 Å². The maximum Gasteiger partial charge on any atom is 0.321 e. The molecule has 122 valence electrons. The molecule has 22 heavy (non-hydrogen) atoms. The van der Waals surface area contributed by atoms with Crippen molar-refractivity contribution in [1.82, 2.24) is 9.62 Å². The van der Waals surface area contributed by atoms with Crippen molar-refractivity contribution in [3.8, 4) is 0 Å². The molecule has 0 bridgehead atoms. The lowest BCUT2D eigenvalue weighted by Crippen LogP contribution is -2.32. The van der Waals surface area contributed by atoms with Crippen LogP contribution in [0.4, 0.5) is 10.5 Å². The highest BCUT2D eigenvalue weighted by Gasteiger charge is 2.19. The highest BCUT2D eigenvalue weighted by molar-refractivity contribution is 7.89. The first kappa shape index (κ1) is 16.8. The van der Waals surface area contributed by atoms with Gasteiger partial charge in [-0.3, -0.25) is 0 Å². The summed E-state index contributed by atoms with van der Waals surface area (Å²) in [6, 6.07) is 5.98. The lowest BCUT2D eigenvalue weighted by Gasteiger charge is -2.16. The fraction of sp³-hybridized carbons (Fsp3) is 0.533. The zero-order valence-electron chi connectivity index (χ0n) is 13.0. The number of nitrogens with one attached hydrogen (secondary N) is 2. The molecule has 1 aromatic rings. The van der Waals surface area contributed by atoms with Crippen LogP contribution in [0, 0.1) is 0 Å². The summed E-state index contributed by atoms with van der Waals surface area (Å²) in [4.78, 5) is 13.9. The monoisotopic (exact) mass is 325 g/mol. The lowest BCUT2D eigenvalue weighted by molar-refractivity contribution is 0.222. The Bertz CT molecular complexity index is 607. The quantitative estimate of drug-likeness (QED) is 0.872. The van der Waals surface area contributed by atoms with Gasteiger partial charge in [-0.25, -0.2) is 17.9 Å². The van der Waals surface area contributed by atoms with Gasteiger partial charge >= 0.3 is 6.03 Å². The minimum Gasteiger partial charge on any atom is -0.325 e. The number of rotatable bonds is 5. The van der Waals surface area contributed by atoms with Gasteiger partial charge in [0.1, 0.15) is 0 Å². The van der Waals surface area contributed by atoms with Crippen LogP contribution >= 0.6 is 0 Å². The number of amides is 2. The van der Waals surface area contributed by atoms with E-state index < -0.39 is 10.0 Å². The number of likely N-dealkylation sites (tertiary alicyclic amines) is 1. The van der Waals surface area contributed by atoms with E-state index >= 15 is 0 Å². The third-order valence-corrected chi connectivity index (χ3v) is 5.38. The highest BCUT2D eigenvalue weighted by atomic mass is 32.2. The Hall–Kier alpha value is -1.60. The number of carbonyl (C=O) groups is 1. The molecule has 1 aromatic carbocycles. The molecule has 0 radical (unpaired) electrons. The SMILES string of the molecule is CC[C@H](C)NS(=O)(=O)c1ccc(NC(=O)N2CCCC2)cc1. The maximum absolute atomic E-state index is 12.1. The predicted molar refractivity (Wildman–Crippen MR) is 86.3 cm³/mol. The molecule has 7 heteroatoms. The molecule has 0 aliphatic carbocycles. The van der Waals surface area contributed by atoms with Crippen LogP contribution in [0.3, 0.4) is 0 Å². The summed E-state index contributed by atoms with van der Waals surface area (Å²) in [5, 5.41) is 2.79. The maximum atomic E-state index is 12.1. The molecule has 1 aliphatic rings. The van der Waals surface area contributed by atoms with E-state index in [0.717, 1.165) is 32.4 Å². The Morgan fingerprint density at radius 3 is 2.36 bits per heavy atom. The van der Waals surface area contributed by atoms with E-state index in [1.807, 2.05) is 13.8 Å². The van der Waals surface area contributed by atoms with E-state index in [0.29, 0.717) is 5.69 Å². The molecule has 1 saturated heterocycles. The lowest BCUT2D eigenvalue weighted by atomic mass is 10.3. The minimum atomic E-state index is -3.51. The summed E-state index contributed by atoms with van der Waals surface area (Å²) in [5.41, 5.74) is 0.597. The van der Waals surface area contributed by atoms with E-state index in [1.54, 1.807) is 17.0 Å². The standard InChI is InChI=1S/C15H23N3O3S/c1-3-12(2)17-22(20,21)14-8-6-13(7-9-14)16-15(19)18-10-4-5-11-18/h6-9,12,17H,3-5,10-11H2,1-2H3,(H,16,19)/t12-/m0/s1. The van der Waals surface area contributed by atoms with Gasteiger partial charge in [-0.15, -0.1) is 0 Å². The predicted octanol–water partition coefficient (Wildman–Crippen LogP) is 2.39. The molecule has 1 atom stereocenters. The van der Waals surface area contributed by atoms with Gasteiger partial charge in [-0.2, -0.15) is 0 Å². The average molecular weight is 325 g/mol. The number of carbonyl (C=O) groups excluding carboxylic acids is 1. The third-order valence-electron chi connectivity index (χ3n) is 3.78. The largest absolute Gasteiger partial charge is 0.325 e. The van der Waals surface area contributed by atoms with Crippen molar-refractivity contribution in [2.75, 3.05) is 18.4 Å². The summed E-state index contributed by atoms with van der Waals surface area (Å²) in [7, 11) is -3.51. The van der Waals surface area contributed by atoms with Crippen LogP contribution < -0.4 is 10.0 Å². The van der Waals surface area contributed by atoms with Gasteiger partial charge in [-0.1, -0.05) is 6.92 Å². The highest BCUT2D eigenvalue weighted by Crippen LogP contribution is 2.16. The number of sulfonamides is 1. The van der Waals surface area contributed by atoms with Crippen molar-refractivity contribution < 1.29 is 13.2 Å². The molecule has 0 saturated carbocycles. The minimum absolute atomic E-state index is 0.112. The summed E-state index contributed by atoms with van der Waals surface area (Å²) in [5.74, 6) is 0. The second-order valence-electron chi connectivity index (χ2n) is 5.58. The molecule has 0 aromatic heterocycles. The number of anilines is 1. The Balaban J connectivity index is 2.02. The summed E-state index contributed by atoms with van der Waals surface area (Å²) in [6.45, 7) is 5.29. The average Bonchev–Trinajstić information content (AvgIpc) is 3.01. The van der Waals surface area contributed by atoms with Crippen LogP contribution in [0.2, 0.25) is 0 Å². The van der Waals surface area contributed by atoms with E-state index in [4.69, 9.17) is 0 Å². The summed E-state index contributed by atoms with van der Waals surface area (Å²) >= 11 is 0. The van der Waals surface area contributed by atoms with Gasteiger partial charge in [0.05, 0.1) is 4.90 Å². The zero-order chi connectivity index (χ0) is 16.2. The Labute approximate surface area is 131 Å². The summed E-state index contributed by atoms with van der Waals surface area (Å²) in [6.07, 6.45) is 2.79. The van der Waals surface area contributed by atoms with Crippen molar-refractivity contribution in [3.63, 3.8) is 0 Å². The number of benzene rings is 1. The Morgan fingerprint density at radius 2 is 1.82 bits per heavy atom. The first-order valence-electron chi connectivity index (χ1n) is 7.60. The van der Waals surface area contributed by atoms with E-state index in [9.17, 15) is 13.2 Å². The van der Waals surface area contributed by atoms with Crippen LogP contribution in [0.25, 0.3) is 0 Å². The molecule has 0 unspecified atom stereocenters. The zero-order valence-corrected chi connectivity index (χ0v) is 13.8. The first-order chi connectivity index (χ1) is 10.4. The molecule has 2 N–H and O–H groups in total. The van der Waals surface area contributed by atoms with Crippen LogP contribution in [-0.2, 0) is 10.0 Å². The van der Waals surface area contributed by atoms with Crippen molar-refractivity contribution >= 4 is 21.7 Å². The molecule has 0 spiro atoms. The van der Waals surface area contributed by atoms with Crippen LogP contribution in [-0.4, -0.2) is 38.5 Å². The smallest absolute Gasteiger partial charge is 0.321 e. The fourth-order valence-electron chi connectivity index (χ4n) is 2.26. The van der Waals surface area contributed by atoms with E-state index in [1.165, 1.54) is 12.1 Å².